The second-order valence-corrected chi connectivity index (χ2v) is 9.72. The Bertz CT molecular complexity index is 1170. The van der Waals surface area contributed by atoms with Gasteiger partial charge in [0.05, 0.1) is 25.9 Å². The number of carbonyl (C=O) groups excluding carboxylic acids is 1. The number of rotatable bonds is 18. The van der Waals surface area contributed by atoms with Gasteiger partial charge in [-0.05, 0) is 72.5 Å². The molecule has 1 atom stereocenters. The lowest BCUT2D eigenvalue weighted by atomic mass is 10.1. The van der Waals surface area contributed by atoms with Gasteiger partial charge >= 0.3 is 0 Å². The van der Waals surface area contributed by atoms with E-state index in [1.807, 2.05) is 48.5 Å². The summed E-state index contributed by atoms with van der Waals surface area (Å²) in [6.45, 7) is 4.89. The zero-order chi connectivity index (χ0) is 28.6. The van der Waals surface area contributed by atoms with Crippen molar-refractivity contribution in [2.75, 3.05) is 32.8 Å². The van der Waals surface area contributed by atoms with Crippen molar-refractivity contribution >= 4 is 5.91 Å². The number of nitrogens with one attached hydrogen (secondary N) is 2. The number of carbonyl (C=O) groups is 1. The number of phenols is 1. The summed E-state index contributed by atoms with van der Waals surface area (Å²) in [5.74, 6) is 0.737. The molecule has 0 saturated carbocycles. The van der Waals surface area contributed by atoms with Crippen LogP contribution in [0.3, 0.4) is 0 Å². The third-order valence-electron chi connectivity index (χ3n) is 6.53. The largest absolute Gasteiger partial charge is 0.508 e. The fourth-order valence-corrected chi connectivity index (χ4v) is 4.17. The van der Waals surface area contributed by atoms with Crippen LogP contribution in [-0.2, 0) is 24.4 Å². The molecular formula is C32H42N2O6. The van der Waals surface area contributed by atoms with Crippen LogP contribution in [0.5, 0.6) is 11.5 Å². The number of hydrogen-bond donors (Lipinski definition) is 5. The number of benzene rings is 3. The summed E-state index contributed by atoms with van der Waals surface area (Å²) in [6, 6.07) is 20.1. The molecule has 3 aromatic carbocycles. The quantitative estimate of drug-likeness (QED) is 0.150. The highest BCUT2D eigenvalue weighted by Gasteiger charge is 2.10. The Labute approximate surface area is 237 Å². The molecule has 3 rings (SSSR count). The van der Waals surface area contributed by atoms with Crippen LogP contribution in [-0.4, -0.2) is 54.1 Å². The van der Waals surface area contributed by atoms with Crippen molar-refractivity contribution in [1.82, 2.24) is 10.6 Å². The molecule has 216 valence electrons. The van der Waals surface area contributed by atoms with E-state index in [9.17, 15) is 20.1 Å². The lowest BCUT2D eigenvalue weighted by Gasteiger charge is -2.14. The zero-order valence-corrected chi connectivity index (χ0v) is 23.3. The molecule has 0 aliphatic carbocycles. The van der Waals surface area contributed by atoms with E-state index in [1.54, 1.807) is 12.1 Å². The van der Waals surface area contributed by atoms with Crippen LogP contribution in [0.2, 0.25) is 0 Å². The molecule has 0 aliphatic rings. The molecule has 8 heteroatoms. The molecule has 0 saturated heterocycles. The first-order valence-electron chi connectivity index (χ1n) is 14.0. The predicted octanol–water partition coefficient (Wildman–Crippen LogP) is 4.27. The van der Waals surface area contributed by atoms with Gasteiger partial charge in [-0.15, -0.1) is 0 Å². The van der Waals surface area contributed by atoms with Gasteiger partial charge in [-0.3, -0.25) is 4.79 Å². The highest BCUT2D eigenvalue weighted by molar-refractivity contribution is 5.94. The second-order valence-electron chi connectivity index (χ2n) is 9.72. The summed E-state index contributed by atoms with van der Waals surface area (Å²) >= 11 is 0. The molecule has 0 heterocycles. The lowest BCUT2D eigenvalue weighted by molar-refractivity contribution is 0.0886. The zero-order valence-electron chi connectivity index (χ0n) is 23.3. The van der Waals surface area contributed by atoms with E-state index >= 15 is 0 Å². The number of aliphatic hydroxyl groups excluding tert-OH is 2. The highest BCUT2D eigenvalue weighted by Crippen LogP contribution is 2.22. The Kier molecular flexibility index (Phi) is 13.5. The van der Waals surface area contributed by atoms with Gasteiger partial charge in [-0.25, -0.2) is 0 Å². The smallest absolute Gasteiger partial charge is 0.251 e. The minimum absolute atomic E-state index is 0.0208. The Hall–Kier alpha value is -3.43. The van der Waals surface area contributed by atoms with Crippen molar-refractivity contribution in [2.24, 2.45) is 0 Å². The molecular weight excluding hydrogens is 508 g/mol. The molecule has 40 heavy (non-hydrogen) atoms. The predicted molar refractivity (Wildman–Crippen MR) is 155 cm³/mol. The van der Waals surface area contributed by atoms with Gasteiger partial charge in [0.1, 0.15) is 18.1 Å². The van der Waals surface area contributed by atoms with Gasteiger partial charge in [-0.2, -0.15) is 0 Å². The Morgan fingerprint density at radius 3 is 2.55 bits per heavy atom. The Balaban J connectivity index is 1.29. The minimum atomic E-state index is -0.729. The number of ether oxygens (including phenoxy) is 2. The van der Waals surface area contributed by atoms with E-state index in [2.05, 4.69) is 17.6 Å². The van der Waals surface area contributed by atoms with Crippen molar-refractivity contribution in [2.45, 2.75) is 51.9 Å². The van der Waals surface area contributed by atoms with Crippen LogP contribution in [0.15, 0.2) is 66.7 Å². The van der Waals surface area contributed by atoms with Crippen molar-refractivity contribution < 1.29 is 29.6 Å². The van der Waals surface area contributed by atoms with E-state index in [0.717, 1.165) is 42.6 Å². The summed E-state index contributed by atoms with van der Waals surface area (Å²) in [5, 5.41) is 35.5. The van der Waals surface area contributed by atoms with Crippen LogP contribution in [0, 0.1) is 0 Å². The van der Waals surface area contributed by atoms with E-state index < -0.39 is 6.10 Å². The SMILES string of the molecule is CCCCCNC(=O)c1cccc(COCCOc2ccc(CCNCC(O)c3ccc(O)c(CO)c3)cc2)c1. The van der Waals surface area contributed by atoms with Crippen LogP contribution < -0.4 is 15.4 Å². The van der Waals surface area contributed by atoms with Crippen LogP contribution >= 0.6 is 0 Å². The van der Waals surface area contributed by atoms with Gasteiger partial charge in [0, 0.05) is 24.2 Å². The number of aliphatic hydroxyl groups is 2. The normalized spacial score (nSPS) is 11.8. The summed E-state index contributed by atoms with van der Waals surface area (Å²) in [4.78, 5) is 12.3. The fraction of sp³-hybridized carbons (Fsp3) is 0.406. The molecule has 0 aromatic heterocycles. The minimum Gasteiger partial charge on any atom is -0.508 e. The average molecular weight is 551 g/mol. The monoisotopic (exact) mass is 550 g/mol. The molecule has 3 aromatic rings. The number of unbranched alkanes of at least 4 members (excludes halogenated alkanes) is 2. The number of amides is 1. The molecule has 0 spiro atoms. The van der Waals surface area contributed by atoms with E-state index in [1.165, 1.54) is 6.07 Å². The van der Waals surface area contributed by atoms with Crippen molar-refractivity contribution in [1.29, 1.82) is 0 Å². The Morgan fingerprint density at radius 1 is 0.950 bits per heavy atom. The van der Waals surface area contributed by atoms with Gasteiger partial charge in [-0.1, -0.05) is 50.1 Å². The van der Waals surface area contributed by atoms with E-state index in [0.29, 0.717) is 56.1 Å². The van der Waals surface area contributed by atoms with Gasteiger partial charge < -0.3 is 35.4 Å². The van der Waals surface area contributed by atoms with Gasteiger partial charge in [0.2, 0.25) is 0 Å². The molecule has 0 fully saturated rings. The maximum absolute atomic E-state index is 12.3. The lowest BCUT2D eigenvalue weighted by Crippen LogP contribution is -2.24. The summed E-state index contributed by atoms with van der Waals surface area (Å²) < 4.78 is 11.5. The highest BCUT2D eigenvalue weighted by atomic mass is 16.5. The summed E-state index contributed by atoms with van der Waals surface area (Å²) in [5.41, 5.74) is 3.79. The molecule has 0 bridgehead atoms. The van der Waals surface area contributed by atoms with Crippen molar-refractivity contribution in [3.8, 4) is 11.5 Å². The van der Waals surface area contributed by atoms with Gasteiger partial charge in [0.15, 0.2) is 0 Å². The number of aromatic hydroxyl groups is 1. The maximum Gasteiger partial charge on any atom is 0.251 e. The van der Waals surface area contributed by atoms with E-state index in [4.69, 9.17) is 9.47 Å². The van der Waals surface area contributed by atoms with E-state index in [-0.39, 0.29) is 18.3 Å². The van der Waals surface area contributed by atoms with Crippen molar-refractivity contribution in [3.63, 3.8) is 0 Å². The summed E-state index contributed by atoms with van der Waals surface area (Å²) in [6.07, 6.45) is 3.30. The third kappa shape index (κ3) is 10.6. The second kappa shape index (κ2) is 17.3. The molecule has 1 amide bonds. The first-order chi connectivity index (χ1) is 19.5. The van der Waals surface area contributed by atoms with Crippen LogP contribution in [0.4, 0.5) is 0 Å². The fourth-order valence-electron chi connectivity index (χ4n) is 4.17. The summed E-state index contributed by atoms with van der Waals surface area (Å²) in [7, 11) is 0. The topological polar surface area (TPSA) is 120 Å². The third-order valence-corrected chi connectivity index (χ3v) is 6.53. The van der Waals surface area contributed by atoms with Gasteiger partial charge in [0.25, 0.3) is 5.91 Å². The number of hydrogen-bond acceptors (Lipinski definition) is 7. The van der Waals surface area contributed by atoms with Crippen LogP contribution in [0.25, 0.3) is 0 Å². The molecule has 5 N–H and O–H groups in total. The first kappa shape index (κ1) is 31.1. The Morgan fingerprint density at radius 2 is 1.77 bits per heavy atom. The van der Waals surface area contributed by atoms with Crippen molar-refractivity contribution in [3.05, 3.63) is 94.5 Å². The first-order valence-corrected chi connectivity index (χ1v) is 14.0. The van der Waals surface area contributed by atoms with Crippen LogP contribution in [0.1, 0.15) is 64.9 Å². The average Bonchev–Trinajstić information content (AvgIpc) is 2.98. The molecule has 8 nitrogen and oxygen atoms in total. The molecule has 0 radical (unpaired) electrons. The molecule has 1 unspecified atom stereocenters. The molecule has 0 aliphatic heterocycles. The standard InChI is InChI=1S/C32H42N2O6/c1-2-3-4-15-34-32(38)27-7-5-6-25(19-27)23-39-17-18-40-29-11-8-24(9-12-29)14-16-33-21-31(37)26-10-13-30(36)28(20-26)22-35/h5-13,19-20,31,33,35-37H,2-4,14-18,21-23H2,1H3,(H,34,38). The maximum atomic E-state index is 12.3.